The first-order chi connectivity index (χ1) is 27.8. The van der Waals surface area contributed by atoms with Crippen molar-refractivity contribution in [2.24, 2.45) is 26.1 Å². The molecular formula is C40H48N10O8. The number of aromatic nitrogens is 4. The lowest BCUT2D eigenvalue weighted by molar-refractivity contribution is -0.116. The van der Waals surface area contributed by atoms with Crippen LogP contribution in [0.4, 0.5) is 22.9 Å². The molecule has 0 bridgehead atoms. The number of aliphatic imine (C=N–C) groups is 1. The Hall–Kier alpha value is -6.69. The molecule has 0 aliphatic carbocycles. The van der Waals surface area contributed by atoms with Gasteiger partial charge in [-0.3, -0.25) is 29.0 Å². The number of carbonyl (C=O) groups is 5. The lowest BCUT2D eigenvalue weighted by Crippen LogP contribution is -2.35. The highest BCUT2D eigenvalue weighted by Crippen LogP contribution is 2.38. The molecular weight excluding hydrogens is 749 g/mol. The number of methoxy groups -OCH3 is 1. The molecule has 4 aromatic rings. The molecule has 1 fully saturated rings. The van der Waals surface area contributed by atoms with Crippen molar-refractivity contribution in [3.8, 4) is 11.5 Å². The summed E-state index contributed by atoms with van der Waals surface area (Å²) in [6, 6.07) is 6.26. The van der Waals surface area contributed by atoms with Gasteiger partial charge in [0.15, 0.2) is 17.3 Å². The van der Waals surface area contributed by atoms with Gasteiger partial charge in [0.25, 0.3) is 23.6 Å². The first kappa shape index (κ1) is 41.0. The van der Waals surface area contributed by atoms with E-state index in [9.17, 15) is 24.0 Å². The van der Waals surface area contributed by atoms with E-state index in [0.717, 1.165) is 5.57 Å². The lowest BCUT2D eigenvalue weighted by atomic mass is 10.1. The first-order valence-electron chi connectivity index (χ1n) is 18.9. The van der Waals surface area contributed by atoms with E-state index in [1.807, 2.05) is 6.92 Å². The number of hydrogen-bond donors (Lipinski definition) is 4. The zero-order valence-corrected chi connectivity index (χ0v) is 33.2. The molecule has 0 saturated carbocycles. The Labute approximate surface area is 335 Å². The number of anilines is 3. The van der Waals surface area contributed by atoms with Crippen LogP contribution >= 0.6 is 0 Å². The summed E-state index contributed by atoms with van der Waals surface area (Å²) >= 11 is 0. The number of benzene rings is 1. The minimum atomic E-state index is -0.555. The van der Waals surface area contributed by atoms with Gasteiger partial charge in [0.1, 0.15) is 11.4 Å². The maximum absolute atomic E-state index is 13.2. The van der Waals surface area contributed by atoms with Crippen molar-refractivity contribution < 1.29 is 38.2 Å². The highest BCUT2D eigenvalue weighted by Gasteiger charge is 2.34. The molecule has 0 spiro atoms. The summed E-state index contributed by atoms with van der Waals surface area (Å²) in [7, 11) is 6.49. The molecule has 18 heteroatoms. The van der Waals surface area contributed by atoms with Crippen molar-refractivity contribution in [1.29, 1.82) is 0 Å². The predicted octanol–water partition coefficient (Wildman–Crippen LogP) is 4.05. The monoisotopic (exact) mass is 796 g/mol. The Morgan fingerprint density at radius 1 is 0.862 bits per heavy atom. The quantitative estimate of drug-likeness (QED) is 0.0898. The van der Waals surface area contributed by atoms with Crippen LogP contribution in [0.15, 0.2) is 60.0 Å². The van der Waals surface area contributed by atoms with Gasteiger partial charge >= 0.3 is 0 Å². The van der Waals surface area contributed by atoms with Gasteiger partial charge in [-0.25, -0.2) is 4.98 Å². The summed E-state index contributed by atoms with van der Waals surface area (Å²) < 4.78 is 21.4. The van der Waals surface area contributed by atoms with Gasteiger partial charge in [0.05, 0.1) is 42.4 Å². The van der Waals surface area contributed by atoms with Crippen molar-refractivity contribution in [3.05, 3.63) is 77.8 Å². The second-order valence-electron chi connectivity index (χ2n) is 14.0. The van der Waals surface area contributed by atoms with Gasteiger partial charge in [0.2, 0.25) is 11.7 Å². The number of ether oxygens (including phenoxy) is 3. The zero-order valence-electron chi connectivity index (χ0n) is 33.2. The summed E-state index contributed by atoms with van der Waals surface area (Å²) in [6.45, 7) is 8.22. The third-order valence-electron chi connectivity index (χ3n) is 9.55. The molecule has 2 aliphatic heterocycles. The highest BCUT2D eigenvalue weighted by atomic mass is 16.5. The number of aryl methyl sites for hydroxylation is 3. The minimum Gasteiger partial charge on any atom is -0.493 e. The minimum absolute atomic E-state index is 0.0308. The molecule has 0 radical (unpaired) electrons. The third-order valence-corrected chi connectivity index (χ3v) is 9.55. The van der Waals surface area contributed by atoms with Gasteiger partial charge in [-0.05, 0) is 44.4 Å². The van der Waals surface area contributed by atoms with Gasteiger partial charge in [-0.1, -0.05) is 12.2 Å². The zero-order chi connectivity index (χ0) is 41.5. The molecule has 1 atom stereocenters. The van der Waals surface area contributed by atoms with Crippen molar-refractivity contribution in [1.82, 2.24) is 28.9 Å². The molecule has 1 unspecified atom stereocenters. The van der Waals surface area contributed by atoms with Crippen LogP contribution in [-0.4, -0.2) is 105 Å². The topological polar surface area (TPSA) is 204 Å². The van der Waals surface area contributed by atoms with E-state index in [-0.39, 0.29) is 54.1 Å². The number of nitrogens with zero attached hydrogens (tertiary/aromatic N) is 6. The smallest absolute Gasteiger partial charge is 0.291 e. The molecule has 3 aromatic heterocycles. The molecule has 4 N–H and O–H groups in total. The van der Waals surface area contributed by atoms with Gasteiger partial charge in [-0.15, -0.1) is 0 Å². The summed E-state index contributed by atoms with van der Waals surface area (Å²) in [5, 5.41) is 11.1. The van der Waals surface area contributed by atoms with Crippen LogP contribution in [0.1, 0.15) is 74.6 Å². The van der Waals surface area contributed by atoms with E-state index >= 15 is 0 Å². The number of carbonyl (C=O) groups excluding carboxylic acids is 5. The van der Waals surface area contributed by atoms with Crippen LogP contribution in [0.5, 0.6) is 11.5 Å². The fraction of sp³-hybridized carbons (Fsp3) is 0.375. The van der Waals surface area contributed by atoms with E-state index in [0.29, 0.717) is 85.4 Å². The number of nitrogens with one attached hydrogen (secondary N) is 4. The molecule has 306 valence electrons. The Morgan fingerprint density at radius 2 is 1.57 bits per heavy atom. The maximum Gasteiger partial charge on any atom is 0.291 e. The second kappa shape index (κ2) is 18.1. The Kier molecular flexibility index (Phi) is 12.8. The van der Waals surface area contributed by atoms with Crippen LogP contribution in [-0.2, 0) is 30.7 Å². The fourth-order valence-corrected chi connectivity index (χ4v) is 6.67. The van der Waals surface area contributed by atoms with E-state index in [1.54, 1.807) is 72.0 Å². The summed E-state index contributed by atoms with van der Waals surface area (Å²) in [5.41, 5.74) is 3.31. The highest BCUT2D eigenvalue weighted by molar-refractivity contribution is 6.07. The Balaban J connectivity index is 0.979. The Morgan fingerprint density at radius 3 is 2.28 bits per heavy atom. The van der Waals surface area contributed by atoms with Crippen molar-refractivity contribution >= 4 is 58.6 Å². The predicted molar refractivity (Wildman–Crippen MR) is 216 cm³/mol. The van der Waals surface area contributed by atoms with Crippen molar-refractivity contribution in [2.75, 3.05) is 56.0 Å². The van der Waals surface area contributed by atoms with Crippen molar-refractivity contribution in [3.63, 3.8) is 0 Å². The number of imidazole rings is 1. The maximum atomic E-state index is 13.2. The molecule has 1 aromatic carbocycles. The molecule has 58 heavy (non-hydrogen) atoms. The van der Waals surface area contributed by atoms with E-state index in [4.69, 9.17) is 14.2 Å². The SMILES string of the molecule is C=C1CC2C=Nc3cc(OCCCC(=O)Nc4cn(C)c(C(=O)Nc5cc(C(=O)Nc6cc(C(=O)NCCCOCC)n(C)c6)n(C)c5)n4)c(OC)cc3C(=O)N2C1. The molecule has 5 heterocycles. The van der Waals surface area contributed by atoms with E-state index < -0.39 is 11.8 Å². The average Bonchev–Trinajstić information content (AvgIpc) is 3.94. The second-order valence-corrected chi connectivity index (χ2v) is 14.0. The number of fused-ring (bicyclic) bond motifs is 2. The Bertz CT molecular complexity index is 2270. The summed E-state index contributed by atoms with van der Waals surface area (Å²) in [4.78, 5) is 75.6. The third kappa shape index (κ3) is 9.46. The molecule has 6 rings (SSSR count). The van der Waals surface area contributed by atoms with E-state index in [1.165, 1.54) is 23.9 Å². The van der Waals surface area contributed by atoms with Crippen LogP contribution in [0.3, 0.4) is 0 Å². The number of hydrogen-bond acceptors (Lipinski definition) is 10. The molecule has 1 saturated heterocycles. The number of amides is 5. The largest absolute Gasteiger partial charge is 0.493 e. The lowest BCUT2D eigenvalue weighted by Gasteiger charge is -2.20. The summed E-state index contributed by atoms with van der Waals surface area (Å²) in [6.07, 6.45) is 8.31. The normalized spacial score (nSPS) is 14.4. The molecule has 18 nitrogen and oxygen atoms in total. The standard InChI is InChI=1S/C40H48N10O8/c1-7-57-12-9-11-41-37(52)30-15-25(21-47(30)3)43-38(53)31-16-26(22-48(31)4)44-39(54)36-46-34(23-49(36)5)45-35(51)10-8-13-58-33-18-29-28(17-32(33)56-6)40(55)50-20-24(2)14-27(50)19-42-29/h15-19,21-23,27H,2,7-14,20H2,1,3-6H3,(H,41,52)(H,43,53)(H,44,54)(H,45,51). The van der Waals surface area contributed by atoms with Crippen molar-refractivity contribution in [2.45, 2.75) is 38.6 Å². The summed E-state index contributed by atoms with van der Waals surface area (Å²) in [5.74, 6) is -0.742. The molecule has 5 amide bonds. The number of rotatable bonds is 17. The first-order valence-corrected chi connectivity index (χ1v) is 18.9. The fourth-order valence-electron chi connectivity index (χ4n) is 6.67. The van der Waals surface area contributed by atoms with Crippen LogP contribution in [0, 0.1) is 0 Å². The molecule has 2 aliphatic rings. The van der Waals surface area contributed by atoms with Gasteiger partial charge in [0, 0.05) is 84.7 Å². The van der Waals surface area contributed by atoms with Crippen LogP contribution in [0.2, 0.25) is 0 Å². The van der Waals surface area contributed by atoms with E-state index in [2.05, 4.69) is 37.8 Å². The van der Waals surface area contributed by atoms with Gasteiger partial charge < -0.3 is 54.1 Å². The van der Waals surface area contributed by atoms with Gasteiger partial charge in [-0.2, -0.15) is 0 Å². The van der Waals surface area contributed by atoms with Crippen LogP contribution in [0.25, 0.3) is 0 Å². The van der Waals surface area contributed by atoms with Crippen LogP contribution < -0.4 is 30.7 Å². The average molecular weight is 797 g/mol.